The highest BCUT2D eigenvalue weighted by molar-refractivity contribution is 7.97. The smallest absolute Gasteiger partial charge is 0.236 e. The van der Waals surface area contributed by atoms with Crippen LogP contribution >= 0.6 is 11.8 Å². The molecule has 0 aliphatic heterocycles. The number of aryl methyl sites for hydroxylation is 1. The standard InChI is InChI=1S/C14H17FN2O2S/c1-3-4-13-16-14(19-17-13)9-20-8-10-7-11(15)5-6-12(10)18-2/h5-7H,3-4,8-9H2,1-2H3. The fraction of sp³-hybridized carbons (Fsp3) is 0.429. The third-order valence-corrected chi connectivity index (χ3v) is 3.68. The van der Waals surface area contributed by atoms with E-state index in [9.17, 15) is 4.39 Å². The average Bonchev–Trinajstić information content (AvgIpc) is 2.87. The molecule has 2 aromatic rings. The van der Waals surface area contributed by atoms with E-state index in [0.717, 1.165) is 24.2 Å². The third kappa shape index (κ3) is 3.96. The minimum atomic E-state index is -0.260. The van der Waals surface area contributed by atoms with Crippen LogP contribution in [0.1, 0.15) is 30.6 Å². The van der Waals surface area contributed by atoms with Crippen molar-refractivity contribution in [3.63, 3.8) is 0 Å². The Bertz CT molecular complexity index is 560. The van der Waals surface area contributed by atoms with E-state index in [0.29, 0.717) is 23.1 Å². The summed E-state index contributed by atoms with van der Waals surface area (Å²) in [7, 11) is 1.58. The molecule has 0 aliphatic carbocycles. The molecule has 0 bridgehead atoms. The SMILES string of the molecule is CCCc1noc(CSCc2cc(F)ccc2OC)n1. The number of thioether (sulfide) groups is 1. The van der Waals surface area contributed by atoms with Crippen molar-refractivity contribution in [1.29, 1.82) is 0 Å². The van der Waals surface area contributed by atoms with Gasteiger partial charge in [-0.15, -0.1) is 11.8 Å². The summed E-state index contributed by atoms with van der Waals surface area (Å²) >= 11 is 1.59. The van der Waals surface area contributed by atoms with Crippen molar-refractivity contribution in [3.8, 4) is 5.75 Å². The van der Waals surface area contributed by atoms with Crippen molar-refractivity contribution in [3.05, 3.63) is 41.3 Å². The topological polar surface area (TPSA) is 48.2 Å². The lowest BCUT2D eigenvalue weighted by atomic mass is 10.2. The Morgan fingerprint density at radius 3 is 2.95 bits per heavy atom. The fourth-order valence-electron chi connectivity index (χ4n) is 1.78. The first-order chi connectivity index (χ1) is 9.72. The number of hydrogen-bond donors (Lipinski definition) is 0. The van der Waals surface area contributed by atoms with E-state index in [-0.39, 0.29) is 5.82 Å². The number of hydrogen-bond acceptors (Lipinski definition) is 5. The molecule has 0 amide bonds. The van der Waals surface area contributed by atoms with E-state index < -0.39 is 0 Å². The molecule has 0 aliphatic rings. The van der Waals surface area contributed by atoms with Crippen molar-refractivity contribution in [2.45, 2.75) is 31.3 Å². The van der Waals surface area contributed by atoms with E-state index >= 15 is 0 Å². The number of methoxy groups -OCH3 is 1. The van der Waals surface area contributed by atoms with E-state index in [1.165, 1.54) is 12.1 Å². The molecule has 0 saturated carbocycles. The first kappa shape index (κ1) is 14.8. The largest absolute Gasteiger partial charge is 0.496 e. The number of nitrogens with zero attached hydrogens (tertiary/aromatic N) is 2. The van der Waals surface area contributed by atoms with Gasteiger partial charge in [0.2, 0.25) is 5.89 Å². The van der Waals surface area contributed by atoms with Crippen molar-refractivity contribution in [2.24, 2.45) is 0 Å². The zero-order valence-electron chi connectivity index (χ0n) is 11.6. The van der Waals surface area contributed by atoms with Gasteiger partial charge in [0.15, 0.2) is 5.82 Å². The molecule has 20 heavy (non-hydrogen) atoms. The van der Waals surface area contributed by atoms with Gasteiger partial charge in [-0.05, 0) is 24.6 Å². The van der Waals surface area contributed by atoms with Gasteiger partial charge >= 0.3 is 0 Å². The molecule has 1 heterocycles. The summed E-state index contributed by atoms with van der Waals surface area (Å²) in [5.41, 5.74) is 0.825. The molecule has 0 radical (unpaired) electrons. The first-order valence-corrected chi connectivity index (χ1v) is 7.60. The van der Waals surface area contributed by atoms with Crippen LogP contribution in [-0.4, -0.2) is 17.3 Å². The van der Waals surface area contributed by atoms with E-state index in [1.54, 1.807) is 24.9 Å². The second kappa shape index (κ2) is 7.28. The highest BCUT2D eigenvalue weighted by atomic mass is 32.2. The van der Waals surface area contributed by atoms with E-state index in [4.69, 9.17) is 9.26 Å². The number of benzene rings is 1. The van der Waals surface area contributed by atoms with Gasteiger partial charge in [-0.2, -0.15) is 4.98 Å². The van der Waals surface area contributed by atoms with Crippen LogP contribution in [0.4, 0.5) is 4.39 Å². The minimum absolute atomic E-state index is 0.260. The summed E-state index contributed by atoms with van der Waals surface area (Å²) in [4.78, 5) is 4.29. The van der Waals surface area contributed by atoms with Crippen molar-refractivity contribution in [1.82, 2.24) is 10.1 Å². The summed E-state index contributed by atoms with van der Waals surface area (Å²) in [6.07, 6.45) is 1.82. The second-order valence-electron chi connectivity index (χ2n) is 4.30. The Kier molecular flexibility index (Phi) is 5.40. The quantitative estimate of drug-likeness (QED) is 0.781. The lowest BCUT2D eigenvalue weighted by Gasteiger charge is -2.07. The Morgan fingerprint density at radius 1 is 1.35 bits per heavy atom. The fourth-order valence-corrected chi connectivity index (χ4v) is 2.62. The van der Waals surface area contributed by atoms with Gasteiger partial charge in [-0.1, -0.05) is 12.1 Å². The summed E-state index contributed by atoms with van der Waals surface area (Å²) in [5.74, 6) is 3.02. The minimum Gasteiger partial charge on any atom is -0.496 e. The van der Waals surface area contributed by atoms with Crippen LogP contribution in [0.25, 0.3) is 0 Å². The van der Waals surface area contributed by atoms with Crippen LogP contribution in [0.5, 0.6) is 5.75 Å². The molecule has 0 N–H and O–H groups in total. The van der Waals surface area contributed by atoms with E-state index in [2.05, 4.69) is 17.1 Å². The Hall–Kier alpha value is -1.56. The maximum Gasteiger partial charge on any atom is 0.236 e. The Morgan fingerprint density at radius 2 is 2.20 bits per heavy atom. The molecule has 4 nitrogen and oxygen atoms in total. The maximum absolute atomic E-state index is 13.2. The summed E-state index contributed by atoms with van der Waals surface area (Å²) in [6.45, 7) is 2.07. The Labute approximate surface area is 121 Å². The molecule has 0 saturated heterocycles. The maximum atomic E-state index is 13.2. The molecule has 6 heteroatoms. The molecule has 1 aromatic heterocycles. The van der Waals surface area contributed by atoms with Gasteiger partial charge in [0.05, 0.1) is 12.9 Å². The molecule has 0 unspecified atom stereocenters. The molecular weight excluding hydrogens is 279 g/mol. The van der Waals surface area contributed by atoms with E-state index in [1.807, 2.05) is 0 Å². The van der Waals surface area contributed by atoms with Gasteiger partial charge in [0, 0.05) is 17.7 Å². The predicted octanol–water partition coefficient (Wildman–Crippen LogP) is 3.60. The van der Waals surface area contributed by atoms with Gasteiger partial charge in [0.25, 0.3) is 0 Å². The zero-order valence-corrected chi connectivity index (χ0v) is 12.4. The van der Waals surface area contributed by atoms with Crippen molar-refractivity contribution in [2.75, 3.05) is 7.11 Å². The van der Waals surface area contributed by atoms with Crippen LogP contribution in [0, 0.1) is 5.82 Å². The summed E-state index contributed by atoms with van der Waals surface area (Å²) in [6, 6.07) is 4.52. The highest BCUT2D eigenvalue weighted by Gasteiger charge is 2.08. The zero-order chi connectivity index (χ0) is 14.4. The first-order valence-electron chi connectivity index (χ1n) is 6.44. The molecule has 2 rings (SSSR count). The highest BCUT2D eigenvalue weighted by Crippen LogP contribution is 2.25. The van der Waals surface area contributed by atoms with Gasteiger partial charge < -0.3 is 9.26 Å². The normalized spacial score (nSPS) is 10.8. The third-order valence-electron chi connectivity index (χ3n) is 2.71. The van der Waals surface area contributed by atoms with Crippen LogP contribution in [0.15, 0.2) is 22.7 Å². The van der Waals surface area contributed by atoms with Gasteiger partial charge in [-0.25, -0.2) is 4.39 Å². The lowest BCUT2D eigenvalue weighted by Crippen LogP contribution is -1.92. The van der Waals surface area contributed by atoms with Crippen molar-refractivity contribution < 1.29 is 13.7 Å². The number of halogens is 1. The summed E-state index contributed by atoms with van der Waals surface area (Å²) in [5, 5.41) is 3.90. The molecule has 1 aromatic carbocycles. The van der Waals surface area contributed by atoms with Crippen LogP contribution < -0.4 is 4.74 Å². The van der Waals surface area contributed by atoms with Crippen LogP contribution in [0.3, 0.4) is 0 Å². The number of rotatable bonds is 7. The molecular formula is C14H17FN2O2S. The second-order valence-corrected chi connectivity index (χ2v) is 5.29. The number of aromatic nitrogens is 2. The van der Waals surface area contributed by atoms with Crippen LogP contribution in [-0.2, 0) is 17.9 Å². The van der Waals surface area contributed by atoms with Gasteiger partial charge in [0.1, 0.15) is 11.6 Å². The monoisotopic (exact) mass is 296 g/mol. The molecule has 0 atom stereocenters. The lowest BCUT2D eigenvalue weighted by molar-refractivity contribution is 0.384. The Balaban J connectivity index is 1.90. The average molecular weight is 296 g/mol. The summed E-state index contributed by atoms with van der Waals surface area (Å²) < 4.78 is 23.6. The van der Waals surface area contributed by atoms with Crippen LogP contribution in [0.2, 0.25) is 0 Å². The molecule has 0 spiro atoms. The van der Waals surface area contributed by atoms with Gasteiger partial charge in [-0.3, -0.25) is 0 Å². The number of ether oxygens (including phenoxy) is 1. The predicted molar refractivity (Wildman–Crippen MR) is 76.2 cm³/mol. The molecule has 108 valence electrons. The van der Waals surface area contributed by atoms with Crippen molar-refractivity contribution >= 4 is 11.8 Å². The molecule has 0 fully saturated rings.